The van der Waals surface area contributed by atoms with Crippen molar-refractivity contribution in [1.82, 2.24) is 9.80 Å². The Kier molecular flexibility index (Phi) is 3.71. The number of carbonyl (C=O) groups excluding carboxylic acids is 1. The zero-order valence-electron chi connectivity index (χ0n) is 11.5. The van der Waals surface area contributed by atoms with Crippen molar-refractivity contribution in [2.45, 2.75) is 18.9 Å². The Hall–Kier alpha value is -2.07. The number of ether oxygens (including phenoxy) is 1. The van der Waals surface area contributed by atoms with Gasteiger partial charge in [-0.2, -0.15) is 4.79 Å². The van der Waals surface area contributed by atoms with Gasteiger partial charge in [0.1, 0.15) is 5.76 Å². The van der Waals surface area contributed by atoms with Gasteiger partial charge in [0, 0.05) is 27.1 Å². The third-order valence-corrected chi connectivity index (χ3v) is 3.41. The minimum absolute atomic E-state index is 0.0924. The van der Waals surface area contributed by atoms with Crippen LogP contribution in [0.15, 0.2) is 23.6 Å². The van der Waals surface area contributed by atoms with Crippen LogP contribution in [-0.4, -0.2) is 60.0 Å². The fourth-order valence-electron chi connectivity index (χ4n) is 2.44. The number of hydrogen-bond acceptors (Lipinski definition) is 3. The van der Waals surface area contributed by atoms with E-state index in [4.69, 9.17) is 10.3 Å². The molecule has 19 heavy (non-hydrogen) atoms. The highest BCUT2D eigenvalue weighted by Crippen LogP contribution is 2.25. The Bertz CT molecular complexity index is 501. The molecule has 0 bridgehead atoms. The van der Waals surface area contributed by atoms with Gasteiger partial charge in [0.2, 0.25) is 5.91 Å². The summed E-state index contributed by atoms with van der Waals surface area (Å²) in [6, 6.07) is -0.323. The van der Waals surface area contributed by atoms with Crippen molar-refractivity contribution in [3.8, 4) is 0 Å². The van der Waals surface area contributed by atoms with E-state index in [2.05, 4.69) is 4.79 Å². The summed E-state index contributed by atoms with van der Waals surface area (Å²) in [4.78, 5) is 18.8. The minimum Gasteiger partial charge on any atom is -0.494 e. The molecule has 6 heteroatoms. The van der Waals surface area contributed by atoms with Crippen LogP contribution in [0, 0.1) is 0 Å². The third kappa shape index (κ3) is 2.39. The van der Waals surface area contributed by atoms with Gasteiger partial charge in [-0.1, -0.05) is 0 Å². The van der Waals surface area contributed by atoms with E-state index >= 15 is 0 Å². The van der Waals surface area contributed by atoms with E-state index in [0.29, 0.717) is 24.4 Å². The van der Waals surface area contributed by atoms with E-state index in [-0.39, 0.29) is 11.9 Å². The first kappa shape index (κ1) is 13.4. The molecular formula is C13H18N4O2. The molecule has 1 unspecified atom stereocenters. The summed E-state index contributed by atoms with van der Waals surface area (Å²) in [5.41, 5.74) is 10.5. The second-order valence-corrected chi connectivity index (χ2v) is 4.82. The van der Waals surface area contributed by atoms with Gasteiger partial charge < -0.3 is 20.1 Å². The van der Waals surface area contributed by atoms with Crippen LogP contribution in [0.3, 0.4) is 0 Å². The maximum atomic E-state index is 11.9. The summed E-state index contributed by atoms with van der Waals surface area (Å²) in [5, 5.41) is 0. The predicted octanol–water partition coefficient (Wildman–Crippen LogP) is 0.638. The monoisotopic (exact) mass is 262 g/mol. The van der Waals surface area contributed by atoms with Crippen molar-refractivity contribution in [2.24, 2.45) is 0 Å². The number of amides is 1. The number of rotatable bonds is 3. The van der Waals surface area contributed by atoms with Crippen LogP contribution in [0.4, 0.5) is 0 Å². The quantitative estimate of drug-likeness (QED) is 0.553. The molecule has 1 heterocycles. The number of methoxy groups -OCH3 is 1. The molecule has 1 saturated heterocycles. The van der Waals surface area contributed by atoms with Crippen LogP contribution in [0.25, 0.3) is 5.53 Å². The Morgan fingerprint density at radius 2 is 2.26 bits per heavy atom. The van der Waals surface area contributed by atoms with Crippen molar-refractivity contribution < 1.29 is 14.3 Å². The van der Waals surface area contributed by atoms with Gasteiger partial charge in [0.15, 0.2) is 6.04 Å². The second kappa shape index (κ2) is 5.28. The first-order valence-corrected chi connectivity index (χ1v) is 6.25. The summed E-state index contributed by atoms with van der Waals surface area (Å²) in [6.45, 7) is 0.690. The molecule has 102 valence electrons. The Morgan fingerprint density at radius 3 is 2.74 bits per heavy atom. The third-order valence-electron chi connectivity index (χ3n) is 3.41. The van der Waals surface area contributed by atoms with Crippen molar-refractivity contribution in [2.75, 3.05) is 27.7 Å². The van der Waals surface area contributed by atoms with E-state index in [0.717, 1.165) is 12.1 Å². The van der Waals surface area contributed by atoms with Crippen LogP contribution in [0.1, 0.15) is 12.8 Å². The molecule has 0 aromatic rings. The van der Waals surface area contributed by atoms with E-state index in [1.165, 1.54) is 0 Å². The molecule has 6 nitrogen and oxygen atoms in total. The van der Waals surface area contributed by atoms with Crippen LogP contribution >= 0.6 is 0 Å². The molecule has 0 aromatic carbocycles. The summed E-state index contributed by atoms with van der Waals surface area (Å²) in [5.74, 6) is 0.718. The summed E-state index contributed by atoms with van der Waals surface area (Å²) in [7, 11) is 5.38. The molecule has 0 N–H and O–H groups in total. The smallest absolute Gasteiger partial charge is 0.322 e. The summed E-state index contributed by atoms with van der Waals surface area (Å²) in [6.07, 6.45) is 4.98. The molecule has 1 aliphatic carbocycles. The molecule has 1 aliphatic heterocycles. The lowest BCUT2D eigenvalue weighted by molar-refractivity contribution is -0.128. The summed E-state index contributed by atoms with van der Waals surface area (Å²) < 4.78 is 5.29. The van der Waals surface area contributed by atoms with Gasteiger partial charge in [-0.15, -0.1) is 0 Å². The normalized spacial score (nSPS) is 22.9. The fraction of sp³-hybridized carbons (Fsp3) is 0.538. The van der Waals surface area contributed by atoms with E-state index < -0.39 is 0 Å². The molecule has 2 aliphatic rings. The van der Waals surface area contributed by atoms with Gasteiger partial charge in [-0.05, 0) is 12.5 Å². The van der Waals surface area contributed by atoms with Crippen molar-refractivity contribution in [3.63, 3.8) is 0 Å². The molecule has 1 amide bonds. The predicted molar refractivity (Wildman–Crippen MR) is 70.2 cm³/mol. The van der Waals surface area contributed by atoms with E-state index in [9.17, 15) is 4.79 Å². The Labute approximate surface area is 112 Å². The lowest BCUT2D eigenvalue weighted by Gasteiger charge is -2.28. The molecule has 0 radical (unpaired) electrons. The number of carbonyl (C=O) groups is 1. The van der Waals surface area contributed by atoms with Gasteiger partial charge >= 0.3 is 5.71 Å². The SMILES string of the molecule is COC1=CC(=[N+]=[N-])C(N2CCCC2=O)C=C1N(C)C. The van der Waals surface area contributed by atoms with Gasteiger partial charge in [-0.3, -0.25) is 4.79 Å². The maximum Gasteiger partial charge on any atom is 0.322 e. The topological polar surface area (TPSA) is 69.2 Å². The molecule has 0 spiro atoms. The van der Waals surface area contributed by atoms with E-state index in [1.54, 1.807) is 18.1 Å². The van der Waals surface area contributed by atoms with Crippen LogP contribution < -0.4 is 0 Å². The second-order valence-electron chi connectivity index (χ2n) is 4.82. The molecule has 1 fully saturated rings. The largest absolute Gasteiger partial charge is 0.494 e. The average Bonchev–Trinajstić information content (AvgIpc) is 2.83. The molecule has 0 saturated carbocycles. The first-order chi connectivity index (χ1) is 9.08. The number of likely N-dealkylation sites (tertiary alicyclic amines) is 1. The van der Waals surface area contributed by atoms with Gasteiger partial charge in [0.05, 0.1) is 18.9 Å². The molecule has 1 atom stereocenters. The van der Waals surface area contributed by atoms with Gasteiger partial charge in [0.25, 0.3) is 0 Å². The Balaban J connectivity index is 2.40. The highest BCUT2D eigenvalue weighted by atomic mass is 16.5. The molecule has 2 rings (SSSR count). The molecule has 0 aromatic heterocycles. The van der Waals surface area contributed by atoms with Crippen LogP contribution in [-0.2, 0) is 9.53 Å². The standard InChI is InChI=1S/C13H18N4O2/c1-16(2)11-8-10(17-6-4-5-13(17)18)9(15-14)7-12(11)19-3/h7-8,10H,4-6H2,1-3H3. The lowest BCUT2D eigenvalue weighted by Crippen LogP contribution is -2.43. The number of nitrogens with zero attached hydrogens (tertiary/aromatic N) is 4. The zero-order chi connectivity index (χ0) is 14.0. The lowest BCUT2D eigenvalue weighted by atomic mass is 10.0. The van der Waals surface area contributed by atoms with Crippen molar-refractivity contribution in [3.05, 3.63) is 29.1 Å². The maximum absolute atomic E-state index is 11.9. The van der Waals surface area contributed by atoms with Crippen molar-refractivity contribution >= 4 is 11.6 Å². The summed E-state index contributed by atoms with van der Waals surface area (Å²) >= 11 is 0. The molecular weight excluding hydrogens is 244 g/mol. The fourth-order valence-corrected chi connectivity index (χ4v) is 2.44. The van der Waals surface area contributed by atoms with Crippen LogP contribution in [0.5, 0.6) is 0 Å². The average molecular weight is 262 g/mol. The first-order valence-electron chi connectivity index (χ1n) is 6.25. The number of likely N-dealkylation sites (N-methyl/N-ethyl adjacent to an activating group) is 1. The zero-order valence-corrected chi connectivity index (χ0v) is 11.5. The highest BCUT2D eigenvalue weighted by Gasteiger charge is 2.37. The van der Waals surface area contributed by atoms with Gasteiger partial charge in [-0.25, -0.2) is 0 Å². The van der Waals surface area contributed by atoms with E-state index in [1.807, 2.05) is 25.1 Å². The Morgan fingerprint density at radius 1 is 1.53 bits per heavy atom. The van der Waals surface area contributed by atoms with Crippen molar-refractivity contribution in [1.29, 1.82) is 0 Å². The highest BCUT2D eigenvalue weighted by molar-refractivity contribution is 6.01. The number of hydrogen-bond donors (Lipinski definition) is 0. The van der Waals surface area contributed by atoms with Crippen LogP contribution in [0.2, 0.25) is 0 Å². The minimum atomic E-state index is -0.323.